The molecular formula is C20H22FN3O3. The van der Waals surface area contributed by atoms with E-state index in [1.807, 2.05) is 0 Å². The molecule has 6 nitrogen and oxygen atoms in total. The second-order valence-electron chi connectivity index (χ2n) is 6.69. The topological polar surface area (TPSA) is 82.5 Å². The zero-order chi connectivity index (χ0) is 19.2. The maximum atomic E-state index is 12.9. The lowest BCUT2D eigenvalue weighted by Gasteiger charge is -2.35. The molecule has 2 aromatic rings. The molecule has 1 saturated heterocycles. The van der Waals surface area contributed by atoms with Gasteiger partial charge in [-0.2, -0.15) is 0 Å². The number of carbonyl (C=O) groups is 2. The third-order valence-electron chi connectivity index (χ3n) is 4.73. The van der Waals surface area contributed by atoms with E-state index in [1.54, 1.807) is 41.4 Å². The summed E-state index contributed by atoms with van der Waals surface area (Å²) in [6.07, 6.45) is 1.61. The highest BCUT2D eigenvalue weighted by atomic mass is 19.1. The van der Waals surface area contributed by atoms with Crippen LogP contribution in [0.5, 0.6) is 0 Å². The number of pyridine rings is 1. The Kier molecular flexibility index (Phi) is 6.13. The zero-order valence-corrected chi connectivity index (χ0v) is 14.8. The fourth-order valence-corrected chi connectivity index (χ4v) is 3.15. The minimum absolute atomic E-state index is 0.116. The maximum Gasteiger partial charge on any atom is 0.272 e. The number of carbonyl (C=O) groups excluding carboxylic acids is 2. The van der Waals surface area contributed by atoms with E-state index in [0.29, 0.717) is 25.2 Å². The van der Waals surface area contributed by atoms with Gasteiger partial charge in [0.05, 0.1) is 12.5 Å². The van der Waals surface area contributed by atoms with Crippen molar-refractivity contribution >= 4 is 11.8 Å². The van der Waals surface area contributed by atoms with Crippen molar-refractivity contribution in [3.8, 4) is 0 Å². The minimum atomic E-state index is -0.711. The molecule has 142 valence electrons. The van der Waals surface area contributed by atoms with Crippen LogP contribution in [0.25, 0.3) is 0 Å². The first kappa shape index (κ1) is 19.0. The first-order chi connectivity index (χ1) is 13.0. The number of nitrogens with zero attached hydrogens (tertiary/aromatic N) is 2. The van der Waals surface area contributed by atoms with Crippen molar-refractivity contribution < 1.29 is 19.1 Å². The van der Waals surface area contributed by atoms with Crippen molar-refractivity contribution in [1.82, 2.24) is 15.2 Å². The molecule has 2 heterocycles. The Balaban J connectivity index is 1.46. The number of halogens is 1. The largest absolute Gasteiger partial charge is 0.391 e. The Morgan fingerprint density at radius 2 is 2.00 bits per heavy atom. The average molecular weight is 371 g/mol. The fourth-order valence-electron chi connectivity index (χ4n) is 3.15. The first-order valence-electron chi connectivity index (χ1n) is 8.92. The smallest absolute Gasteiger partial charge is 0.272 e. The molecule has 3 rings (SSSR count). The van der Waals surface area contributed by atoms with E-state index in [4.69, 9.17) is 0 Å². The van der Waals surface area contributed by atoms with E-state index >= 15 is 0 Å². The van der Waals surface area contributed by atoms with Crippen LogP contribution in [0.2, 0.25) is 0 Å². The molecule has 2 amide bonds. The SMILES string of the molecule is O=C(Cc1ccc(F)cc1)NC[C@@H]1CCN(C(=O)c2ccccn2)C[C@H]1O. The molecular weight excluding hydrogens is 349 g/mol. The molecule has 0 radical (unpaired) electrons. The van der Waals surface area contributed by atoms with Crippen LogP contribution in [0.15, 0.2) is 48.7 Å². The normalized spacial score (nSPS) is 19.6. The van der Waals surface area contributed by atoms with Crippen LogP contribution >= 0.6 is 0 Å². The number of amides is 2. The Morgan fingerprint density at radius 1 is 1.22 bits per heavy atom. The van der Waals surface area contributed by atoms with Gasteiger partial charge < -0.3 is 15.3 Å². The molecule has 0 aliphatic carbocycles. The van der Waals surface area contributed by atoms with Crippen LogP contribution in [-0.4, -0.2) is 52.5 Å². The number of rotatable bonds is 5. The Morgan fingerprint density at radius 3 is 2.67 bits per heavy atom. The number of hydrogen-bond donors (Lipinski definition) is 2. The molecule has 0 bridgehead atoms. The summed E-state index contributed by atoms with van der Waals surface area (Å²) in [7, 11) is 0. The third kappa shape index (κ3) is 5.10. The summed E-state index contributed by atoms with van der Waals surface area (Å²) in [4.78, 5) is 30.1. The van der Waals surface area contributed by atoms with E-state index in [2.05, 4.69) is 10.3 Å². The minimum Gasteiger partial charge on any atom is -0.391 e. The summed E-state index contributed by atoms with van der Waals surface area (Å²) >= 11 is 0. The average Bonchev–Trinajstić information content (AvgIpc) is 2.69. The van der Waals surface area contributed by atoms with Gasteiger partial charge in [0.15, 0.2) is 0 Å². The number of likely N-dealkylation sites (tertiary alicyclic amines) is 1. The summed E-state index contributed by atoms with van der Waals surface area (Å²) in [6, 6.07) is 10.9. The van der Waals surface area contributed by atoms with Gasteiger partial charge >= 0.3 is 0 Å². The Labute approximate surface area is 157 Å². The number of aromatic nitrogens is 1. The lowest BCUT2D eigenvalue weighted by molar-refractivity contribution is -0.120. The summed E-state index contributed by atoms with van der Waals surface area (Å²) < 4.78 is 12.9. The van der Waals surface area contributed by atoms with Crippen molar-refractivity contribution in [2.45, 2.75) is 18.9 Å². The van der Waals surface area contributed by atoms with Crippen LogP contribution in [0.1, 0.15) is 22.5 Å². The fraction of sp³-hybridized carbons (Fsp3) is 0.350. The highest BCUT2D eigenvalue weighted by Gasteiger charge is 2.31. The van der Waals surface area contributed by atoms with Crippen molar-refractivity contribution in [3.05, 3.63) is 65.7 Å². The summed E-state index contributed by atoms with van der Waals surface area (Å²) in [5, 5.41) is 13.2. The van der Waals surface area contributed by atoms with Gasteiger partial charge in [0, 0.05) is 31.7 Å². The summed E-state index contributed by atoms with van der Waals surface area (Å²) in [5.74, 6) is -0.835. The number of benzene rings is 1. The van der Waals surface area contributed by atoms with E-state index in [-0.39, 0.29) is 36.5 Å². The number of aliphatic hydroxyl groups is 1. The van der Waals surface area contributed by atoms with Crippen LogP contribution in [0.4, 0.5) is 4.39 Å². The Hall–Kier alpha value is -2.80. The molecule has 2 N–H and O–H groups in total. The van der Waals surface area contributed by atoms with Crippen LogP contribution in [0, 0.1) is 11.7 Å². The van der Waals surface area contributed by atoms with Gasteiger partial charge in [-0.05, 0) is 36.2 Å². The molecule has 0 unspecified atom stereocenters. The third-order valence-corrected chi connectivity index (χ3v) is 4.73. The summed E-state index contributed by atoms with van der Waals surface area (Å²) in [5.41, 5.74) is 1.08. The second-order valence-corrected chi connectivity index (χ2v) is 6.69. The molecule has 0 saturated carbocycles. The first-order valence-corrected chi connectivity index (χ1v) is 8.92. The Bertz CT molecular complexity index is 783. The molecule has 1 aromatic heterocycles. The monoisotopic (exact) mass is 371 g/mol. The predicted molar refractivity (Wildman–Crippen MR) is 97.4 cm³/mol. The van der Waals surface area contributed by atoms with Crippen molar-refractivity contribution in [2.75, 3.05) is 19.6 Å². The molecule has 27 heavy (non-hydrogen) atoms. The molecule has 1 fully saturated rings. The predicted octanol–water partition coefficient (Wildman–Crippen LogP) is 1.40. The number of hydrogen-bond acceptors (Lipinski definition) is 4. The maximum absolute atomic E-state index is 12.9. The molecule has 2 atom stereocenters. The van der Waals surface area contributed by atoms with Crippen molar-refractivity contribution in [2.24, 2.45) is 5.92 Å². The lowest BCUT2D eigenvalue weighted by atomic mass is 9.93. The van der Waals surface area contributed by atoms with Crippen LogP contribution in [-0.2, 0) is 11.2 Å². The van der Waals surface area contributed by atoms with Gasteiger partial charge in [-0.3, -0.25) is 14.6 Å². The highest BCUT2D eigenvalue weighted by Crippen LogP contribution is 2.19. The zero-order valence-electron chi connectivity index (χ0n) is 14.8. The van der Waals surface area contributed by atoms with E-state index in [9.17, 15) is 19.1 Å². The van der Waals surface area contributed by atoms with Crippen molar-refractivity contribution in [3.63, 3.8) is 0 Å². The van der Waals surface area contributed by atoms with Gasteiger partial charge in [0.25, 0.3) is 5.91 Å². The van der Waals surface area contributed by atoms with E-state index in [1.165, 1.54) is 12.1 Å². The van der Waals surface area contributed by atoms with Gasteiger partial charge in [-0.15, -0.1) is 0 Å². The number of piperidine rings is 1. The number of β-amino-alcohol motifs (C(OH)–C–C–N with tert-alkyl or cyclic N) is 1. The van der Waals surface area contributed by atoms with Crippen molar-refractivity contribution in [1.29, 1.82) is 0 Å². The molecule has 1 aromatic carbocycles. The van der Waals surface area contributed by atoms with Gasteiger partial charge in [-0.25, -0.2) is 4.39 Å². The van der Waals surface area contributed by atoms with E-state index < -0.39 is 6.10 Å². The standard InChI is InChI=1S/C20H22FN3O3/c21-16-6-4-14(5-7-16)11-19(26)23-12-15-8-10-24(13-18(15)25)20(27)17-3-1-2-9-22-17/h1-7,9,15,18,25H,8,10-13H2,(H,23,26)/t15-,18+/m0/s1. The molecule has 1 aliphatic heterocycles. The van der Waals surface area contributed by atoms with Gasteiger partial charge in [0.2, 0.25) is 5.91 Å². The molecule has 1 aliphatic rings. The highest BCUT2D eigenvalue weighted by molar-refractivity contribution is 5.92. The van der Waals surface area contributed by atoms with Crippen LogP contribution < -0.4 is 5.32 Å². The molecule has 7 heteroatoms. The number of nitrogens with one attached hydrogen (secondary N) is 1. The quantitative estimate of drug-likeness (QED) is 0.832. The van der Waals surface area contributed by atoms with E-state index in [0.717, 1.165) is 5.56 Å². The second kappa shape index (κ2) is 8.73. The number of aliphatic hydroxyl groups excluding tert-OH is 1. The van der Waals surface area contributed by atoms with Gasteiger partial charge in [-0.1, -0.05) is 18.2 Å². The van der Waals surface area contributed by atoms with Crippen LogP contribution in [0.3, 0.4) is 0 Å². The van der Waals surface area contributed by atoms with Gasteiger partial charge in [0.1, 0.15) is 11.5 Å². The lowest BCUT2D eigenvalue weighted by Crippen LogP contribution is -2.49. The molecule has 0 spiro atoms. The summed E-state index contributed by atoms with van der Waals surface area (Å²) in [6.45, 7) is 1.06.